The third-order valence-corrected chi connectivity index (χ3v) is 25.9. The zero-order chi connectivity index (χ0) is 103. The molecular formula is C110H107BClIN24O12. The second-order valence-electron chi connectivity index (χ2n) is 35.0. The number of nitrogens with one attached hydrogen (secondary N) is 1. The normalized spacial score (nSPS) is 15.2. The third kappa shape index (κ3) is 26.4. The summed E-state index contributed by atoms with van der Waals surface area (Å²) >= 11 is 6.85. The van der Waals surface area contributed by atoms with Crippen LogP contribution >= 0.6 is 34.2 Å². The van der Waals surface area contributed by atoms with Crippen molar-refractivity contribution in [3.8, 4) is 79.8 Å². The monoisotopic (exact) mass is 2130 g/mol. The van der Waals surface area contributed by atoms with Gasteiger partial charge in [-0.1, -0.05) is 159 Å². The molecule has 0 radical (unpaired) electrons. The lowest BCUT2D eigenvalue weighted by Crippen LogP contribution is -2.39. The number of hydrogen-bond acceptors (Lipinski definition) is 29. The summed E-state index contributed by atoms with van der Waals surface area (Å²) in [6.07, 6.45) is 15.1. The molecule has 39 heteroatoms. The minimum Gasteiger partial charge on any atom is -0.457 e. The van der Waals surface area contributed by atoms with Crippen molar-refractivity contribution >= 4 is 115 Å². The molecule has 4 aliphatic rings. The molecule has 0 aliphatic carbocycles. The summed E-state index contributed by atoms with van der Waals surface area (Å²) in [6, 6.07) is 87.6. The fourth-order valence-electron chi connectivity index (χ4n) is 17.7. The average molecular weight is 2130 g/mol. The van der Waals surface area contributed by atoms with Crippen LogP contribution in [-0.4, -0.2) is 186 Å². The molecule has 0 unspecified atom stereocenters. The van der Waals surface area contributed by atoms with Gasteiger partial charge < -0.3 is 81.4 Å². The van der Waals surface area contributed by atoms with E-state index in [0.29, 0.717) is 95.5 Å². The molecule has 10 aromatic carbocycles. The van der Waals surface area contributed by atoms with Gasteiger partial charge >= 0.3 is 19.3 Å². The molecule has 0 saturated carbocycles. The number of nitrogen functional groups attached to an aromatic ring is 4. The molecule has 4 aliphatic heterocycles. The van der Waals surface area contributed by atoms with Crippen LogP contribution in [0, 0.1) is 3.70 Å². The van der Waals surface area contributed by atoms with Crippen molar-refractivity contribution in [1.29, 1.82) is 0 Å². The number of nitrogens with two attached hydrogens (primary N) is 4. The number of carbonyl (C=O) groups excluding carboxylic acids is 4. The number of allylic oxidation sites excluding steroid dienone is 1. The largest absolute Gasteiger partial charge is 0.488 e. The third-order valence-electron chi connectivity index (χ3n) is 25.0. The van der Waals surface area contributed by atoms with Crippen molar-refractivity contribution in [3.63, 3.8) is 0 Å². The first-order chi connectivity index (χ1) is 72.7. The van der Waals surface area contributed by atoms with Crippen LogP contribution in [0.1, 0.15) is 109 Å². The summed E-state index contributed by atoms with van der Waals surface area (Å²) in [5.74, 6) is 11.1. The highest BCUT2D eigenvalue weighted by Crippen LogP contribution is 2.40. The average Bonchev–Trinajstić information content (AvgIpc) is 1.62. The molecule has 22 rings (SSSR count). The zero-order valence-electron chi connectivity index (χ0n) is 81.1. The van der Waals surface area contributed by atoms with Gasteiger partial charge in [0.15, 0.2) is 23.3 Å². The number of ether oxygens (including phenoxy) is 6. The lowest BCUT2D eigenvalue weighted by Gasteiger charge is -2.31. The van der Waals surface area contributed by atoms with Crippen LogP contribution in [0.2, 0.25) is 0 Å². The molecule has 4 fully saturated rings. The van der Waals surface area contributed by atoms with E-state index in [1.54, 1.807) is 47.6 Å². The molecule has 3 amide bonds. The van der Waals surface area contributed by atoms with Crippen molar-refractivity contribution in [2.75, 3.05) is 75.3 Å². The number of amides is 3. The second kappa shape index (κ2) is 50.2. The van der Waals surface area contributed by atoms with Crippen LogP contribution < -0.4 is 52.7 Å². The smallest absolute Gasteiger partial charge is 0.457 e. The number of rotatable bonds is 22. The van der Waals surface area contributed by atoms with Crippen molar-refractivity contribution in [2.24, 2.45) is 0 Å². The fourth-order valence-corrected chi connectivity index (χ4v) is 18.4. The maximum Gasteiger partial charge on any atom is 0.488 e. The van der Waals surface area contributed by atoms with E-state index < -0.39 is 12.4 Å². The molecule has 8 aromatic heterocycles. The summed E-state index contributed by atoms with van der Waals surface area (Å²) < 4.78 is 42.2. The topological polar surface area (TPSA) is 462 Å². The van der Waals surface area contributed by atoms with Crippen LogP contribution in [0.15, 0.2) is 330 Å². The fraction of sp³-hybridized carbons (Fsp3) is 0.200. The van der Waals surface area contributed by atoms with Crippen molar-refractivity contribution in [3.05, 3.63) is 368 Å². The van der Waals surface area contributed by atoms with Crippen molar-refractivity contribution < 1.29 is 57.6 Å². The Bertz CT molecular complexity index is 7570. The lowest BCUT2D eigenvalue weighted by molar-refractivity contribution is -0.127. The number of aromatic nitrogens is 16. The quantitative estimate of drug-likeness (QED) is 0.0143. The molecule has 0 spiro atoms. The number of hydrogen-bond donors (Lipinski definition) is 7. The van der Waals surface area contributed by atoms with Crippen molar-refractivity contribution in [1.82, 2.24) is 98.3 Å². The van der Waals surface area contributed by atoms with E-state index >= 15 is 0 Å². The molecule has 4 saturated heterocycles. The highest BCUT2D eigenvalue weighted by atomic mass is 127. The van der Waals surface area contributed by atoms with Gasteiger partial charge in [0.25, 0.3) is 0 Å². The Morgan fingerprint density at radius 1 is 0.383 bits per heavy atom. The predicted molar refractivity (Wildman–Crippen MR) is 577 cm³/mol. The number of carbonyl (C=O) groups is 4. The molecule has 11 N–H and O–H groups in total. The Kier molecular flexibility index (Phi) is 34.8. The first-order valence-corrected chi connectivity index (χ1v) is 49.9. The molecule has 149 heavy (non-hydrogen) atoms. The number of benzene rings is 10. The van der Waals surface area contributed by atoms with E-state index in [1.165, 1.54) is 31.4 Å². The highest BCUT2D eigenvalue weighted by Gasteiger charge is 2.35. The first kappa shape index (κ1) is 103. The Balaban J connectivity index is 0.000000128. The number of fused-ring (bicyclic) bond motifs is 4. The van der Waals surface area contributed by atoms with Gasteiger partial charge in [0, 0.05) is 86.2 Å². The number of halogens is 2. The van der Waals surface area contributed by atoms with E-state index in [9.17, 15) is 19.2 Å². The summed E-state index contributed by atoms with van der Waals surface area (Å²) in [5, 5.41) is 38.5. The van der Waals surface area contributed by atoms with Gasteiger partial charge in [-0.05, 0) is 254 Å². The van der Waals surface area contributed by atoms with Gasteiger partial charge in [-0.3, -0.25) is 9.59 Å². The van der Waals surface area contributed by atoms with Crippen LogP contribution in [0.3, 0.4) is 0 Å². The van der Waals surface area contributed by atoms with Gasteiger partial charge in [0.2, 0.25) is 11.1 Å². The Morgan fingerprint density at radius 2 is 0.671 bits per heavy atom. The maximum absolute atomic E-state index is 12.9. The second-order valence-corrected chi connectivity index (χ2v) is 36.4. The number of likely N-dealkylation sites (tertiary alicyclic amines) is 3. The van der Waals surface area contributed by atoms with Gasteiger partial charge in [-0.25, -0.2) is 67.5 Å². The van der Waals surface area contributed by atoms with Crippen LogP contribution in [0.5, 0.6) is 46.0 Å². The Morgan fingerprint density at radius 3 is 0.993 bits per heavy atom. The van der Waals surface area contributed by atoms with Gasteiger partial charge in [0.05, 0.1) is 0 Å². The standard InChI is InChI=1S/C30H28N6O3.C25H24N6O2.C22H22N6O.C18H19IN6O2.C12H11BO3.C3H3ClO/c31-28-27-26(22-13-15-25(16-14-22)39-24-11-5-2-6-12-24)34-29(36(27)33-20-32-28)23-10-7-17-35(18-23)30(37)38-19-21-8-3-1-4-9-21;1-2-21(32)30-14-6-7-18(15-30)25-29-22(23-24(26)27-16-28-31(23)25)17-10-12-20(13-11-17)33-19-8-4-3-5-9-19;23-21-20-19(15-8-10-18(11-9-15)29-17-6-2-1-3-7-17)27-22(28(20)26-14-25-21)16-5-4-12-24-13-16;19-15-14-16(20)21-11-22-25(14)17(23-15)13-7-4-8-24(9-13)18(26)27-10-12-5-2-1-3-6-12;14-13(15)10-6-8-12(9-7-10)16-11-4-2-1-3-5-11;1-2-3(4)5/h1-6,8-9,11-16,20,23H,7,10,17-19H2,(H2,31,32,33);2-5,8-13,16,18H,1,6-7,14-15H2,(H2,26,27,28);1-3,6-11,14,16,24H,4-5,12-13H2,(H2,23,25,26);1-3,5-6,11,13H,4,7-10H2,(H2,20,21,22);1-9,14-15H;2H,1H2/t23-;18-;16-;13-;;/m1111../s1. The summed E-state index contributed by atoms with van der Waals surface area (Å²) in [5.41, 5.74) is 34.8. The molecule has 12 heterocycles. The van der Waals surface area contributed by atoms with E-state index in [0.717, 1.165) is 189 Å². The SMILES string of the molecule is C=CC(=O)Cl.C=CC(=O)N1CCC[C@@H](c2nc(-c3ccc(Oc4ccccc4)cc3)c3c(N)ncnn23)C1.Nc1ncnn2c([C@@H]3CCCN(C(=O)OCc4ccccc4)C3)nc(-c3ccc(Oc4ccccc4)cc3)c12.Nc1ncnn2c([C@@H]3CCCN(C(=O)OCc4ccccc4)C3)nc(I)c12.Nc1ncnn2c([C@@H]3CCCNC3)nc(-c3ccc(Oc4ccccc4)cc3)c12.OB(O)c1ccc(Oc2ccccc2)cc1. The number of para-hydroxylation sites is 4. The first-order valence-electron chi connectivity index (χ1n) is 48.4. The number of imidazole rings is 4. The predicted octanol–water partition coefficient (Wildman–Crippen LogP) is 18.3. The summed E-state index contributed by atoms with van der Waals surface area (Å²) in [7, 11) is -1.44. The minimum absolute atomic E-state index is 0.0285. The molecule has 36 nitrogen and oxygen atoms in total. The summed E-state index contributed by atoms with van der Waals surface area (Å²) in [6.45, 7) is 12.8. The van der Waals surface area contributed by atoms with E-state index in [2.05, 4.69) is 86.4 Å². The Hall–Kier alpha value is -17.1. The van der Waals surface area contributed by atoms with Gasteiger partial charge in [0.1, 0.15) is 151 Å². The van der Waals surface area contributed by atoms with E-state index in [1.807, 2.05) is 264 Å². The molecular weight excluding hydrogens is 2020 g/mol. The van der Waals surface area contributed by atoms with E-state index in [-0.39, 0.29) is 49.1 Å². The highest BCUT2D eigenvalue weighted by molar-refractivity contribution is 14.1. The molecule has 4 atom stereocenters. The molecule has 756 valence electrons. The van der Waals surface area contributed by atoms with Crippen LogP contribution in [-0.2, 0) is 32.3 Å². The van der Waals surface area contributed by atoms with Crippen LogP contribution in [0.4, 0.5) is 32.9 Å². The zero-order valence-corrected chi connectivity index (χ0v) is 84.0. The summed E-state index contributed by atoms with van der Waals surface area (Å²) in [4.78, 5) is 88.5. The van der Waals surface area contributed by atoms with Crippen LogP contribution in [0.25, 0.3) is 55.8 Å². The maximum atomic E-state index is 12.9. The van der Waals surface area contributed by atoms with Gasteiger partial charge in [-0.15, -0.1) is 0 Å². The Labute approximate surface area is 876 Å². The molecule has 0 bridgehead atoms. The number of nitrogens with zero attached hydrogens (tertiary/aromatic N) is 19. The number of piperidine rings is 4. The minimum atomic E-state index is -1.44. The molecule has 18 aromatic rings. The van der Waals surface area contributed by atoms with Crippen molar-refractivity contribution in [2.45, 2.75) is 88.3 Å². The van der Waals surface area contributed by atoms with E-state index in [4.69, 9.17) is 88.0 Å². The lowest BCUT2D eigenvalue weighted by atomic mass is 9.80. The number of anilines is 4. The van der Waals surface area contributed by atoms with Gasteiger partial charge in [-0.2, -0.15) is 20.4 Å².